The maximum absolute atomic E-state index is 12.6. The normalized spacial score (nSPS) is 11.1. The quantitative estimate of drug-likeness (QED) is 0.459. The monoisotopic (exact) mass is 408 g/mol. The summed E-state index contributed by atoms with van der Waals surface area (Å²) in [5.41, 5.74) is 3.36. The molecule has 7 heteroatoms. The van der Waals surface area contributed by atoms with E-state index in [0.29, 0.717) is 11.6 Å². The molecule has 0 aliphatic heterocycles. The Kier molecular flexibility index (Phi) is 5.36. The zero-order valence-electron chi connectivity index (χ0n) is 15.6. The van der Waals surface area contributed by atoms with Crippen LogP contribution in [-0.4, -0.2) is 20.4 Å². The Labute approximate surface area is 171 Å². The molecular formula is C21H20N4OS2. The van der Waals surface area contributed by atoms with Crippen molar-refractivity contribution in [2.24, 2.45) is 0 Å². The van der Waals surface area contributed by atoms with E-state index in [0.717, 1.165) is 34.2 Å². The van der Waals surface area contributed by atoms with Gasteiger partial charge in [-0.05, 0) is 29.1 Å². The van der Waals surface area contributed by atoms with Gasteiger partial charge < -0.3 is 9.88 Å². The lowest BCUT2D eigenvalue weighted by molar-refractivity contribution is 0.102. The molecule has 0 aliphatic rings. The number of thiophene rings is 1. The highest BCUT2D eigenvalue weighted by molar-refractivity contribution is 7.14. The highest BCUT2D eigenvalue weighted by Gasteiger charge is 2.13. The molecule has 4 aromatic rings. The first-order valence-electron chi connectivity index (χ1n) is 8.99. The second-order valence-corrected chi connectivity index (χ2v) is 8.41. The second kappa shape index (κ2) is 8.08. The molecule has 0 aliphatic carbocycles. The summed E-state index contributed by atoms with van der Waals surface area (Å²) in [6.07, 6.45) is 3.82. The Bertz CT molecular complexity index is 1080. The second-order valence-electron chi connectivity index (χ2n) is 6.77. The fourth-order valence-corrected chi connectivity index (χ4v) is 4.50. The molecule has 3 heterocycles. The minimum absolute atomic E-state index is 0.194. The number of imidazole rings is 1. The first kappa shape index (κ1) is 18.6. The number of thiazole rings is 1. The fraction of sp³-hybridized carbons (Fsp3) is 0.190. The summed E-state index contributed by atoms with van der Waals surface area (Å²) in [5.74, 6) is 1.22. The Morgan fingerprint density at radius 2 is 2.14 bits per heavy atom. The van der Waals surface area contributed by atoms with Crippen LogP contribution < -0.4 is 5.32 Å². The van der Waals surface area contributed by atoms with Gasteiger partial charge in [-0.1, -0.05) is 26.0 Å². The largest absolute Gasteiger partial charge is 0.330 e. The lowest BCUT2D eigenvalue weighted by atomic mass is 10.1. The Balaban J connectivity index is 1.47. The predicted molar refractivity (Wildman–Crippen MR) is 115 cm³/mol. The molecule has 0 atom stereocenters. The molecule has 1 aromatic carbocycles. The lowest BCUT2D eigenvalue weighted by Gasteiger charge is -2.11. The molecule has 0 fully saturated rings. The maximum Gasteiger partial charge on any atom is 0.275 e. The van der Waals surface area contributed by atoms with Crippen molar-refractivity contribution in [3.63, 3.8) is 0 Å². The summed E-state index contributed by atoms with van der Waals surface area (Å²) in [4.78, 5) is 21.5. The number of anilines is 1. The van der Waals surface area contributed by atoms with Crippen LogP contribution in [0.1, 0.15) is 41.6 Å². The van der Waals surface area contributed by atoms with Crippen molar-refractivity contribution in [3.05, 3.63) is 75.9 Å². The van der Waals surface area contributed by atoms with Gasteiger partial charge in [0.05, 0.1) is 0 Å². The van der Waals surface area contributed by atoms with Crippen molar-refractivity contribution < 1.29 is 4.79 Å². The number of benzene rings is 1. The van der Waals surface area contributed by atoms with Crippen LogP contribution in [0.2, 0.25) is 0 Å². The number of nitrogens with zero attached hydrogens (tertiary/aromatic N) is 3. The number of carbonyl (C=O) groups excluding carboxylic acids is 1. The summed E-state index contributed by atoms with van der Waals surface area (Å²) >= 11 is 3.10. The van der Waals surface area contributed by atoms with Crippen molar-refractivity contribution in [3.8, 4) is 10.6 Å². The first-order chi connectivity index (χ1) is 13.6. The van der Waals surface area contributed by atoms with Crippen molar-refractivity contribution in [1.82, 2.24) is 14.5 Å². The van der Waals surface area contributed by atoms with Gasteiger partial charge in [0, 0.05) is 46.9 Å². The van der Waals surface area contributed by atoms with Crippen LogP contribution in [0.5, 0.6) is 0 Å². The van der Waals surface area contributed by atoms with Crippen molar-refractivity contribution in [1.29, 1.82) is 0 Å². The van der Waals surface area contributed by atoms with Gasteiger partial charge in [-0.25, -0.2) is 9.97 Å². The smallest absolute Gasteiger partial charge is 0.275 e. The number of hydrogen-bond acceptors (Lipinski definition) is 5. The van der Waals surface area contributed by atoms with E-state index in [1.807, 2.05) is 47.4 Å². The van der Waals surface area contributed by atoms with Crippen LogP contribution in [0.3, 0.4) is 0 Å². The van der Waals surface area contributed by atoms with E-state index in [4.69, 9.17) is 0 Å². The molecule has 142 valence electrons. The molecule has 0 unspecified atom stereocenters. The van der Waals surface area contributed by atoms with Gasteiger partial charge in [-0.3, -0.25) is 4.79 Å². The van der Waals surface area contributed by atoms with Gasteiger partial charge in [0.15, 0.2) is 0 Å². The topological polar surface area (TPSA) is 59.8 Å². The lowest BCUT2D eigenvalue weighted by Crippen LogP contribution is -2.13. The van der Waals surface area contributed by atoms with Crippen molar-refractivity contribution in [2.45, 2.75) is 26.3 Å². The van der Waals surface area contributed by atoms with Crippen LogP contribution in [0.25, 0.3) is 10.6 Å². The number of hydrogen-bond donors (Lipinski definition) is 1. The Morgan fingerprint density at radius 3 is 2.93 bits per heavy atom. The minimum Gasteiger partial charge on any atom is -0.330 e. The van der Waals surface area contributed by atoms with E-state index in [2.05, 4.69) is 39.8 Å². The molecule has 5 nitrogen and oxygen atoms in total. The average molecular weight is 409 g/mol. The SMILES string of the molecule is CC(C)c1nccn1Cc1cccc(NC(=O)c2csc(-c3ccsc3)n2)c1. The zero-order valence-corrected chi connectivity index (χ0v) is 17.3. The van der Waals surface area contributed by atoms with E-state index in [-0.39, 0.29) is 5.91 Å². The van der Waals surface area contributed by atoms with Gasteiger partial charge in [0.25, 0.3) is 5.91 Å². The first-order valence-corrected chi connectivity index (χ1v) is 10.8. The van der Waals surface area contributed by atoms with Gasteiger partial charge in [-0.15, -0.1) is 11.3 Å². The van der Waals surface area contributed by atoms with Crippen LogP contribution in [0.4, 0.5) is 5.69 Å². The highest BCUT2D eigenvalue weighted by atomic mass is 32.1. The number of aromatic nitrogens is 3. The van der Waals surface area contributed by atoms with Gasteiger partial charge in [0.1, 0.15) is 16.5 Å². The molecule has 28 heavy (non-hydrogen) atoms. The van der Waals surface area contributed by atoms with Crippen molar-refractivity contribution in [2.75, 3.05) is 5.32 Å². The van der Waals surface area contributed by atoms with Crippen molar-refractivity contribution >= 4 is 34.3 Å². The van der Waals surface area contributed by atoms with Crippen LogP contribution in [-0.2, 0) is 6.54 Å². The Hall–Kier alpha value is -2.77. The third kappa shape index (κ3) is 4.05. The third-order valence-electron chi connectivity index (χ3n) is 4.31. The number of nitrogens with one attached hydrogen (secondary N) is 1. The van der Waals surface area contributed by atoms with E-state index in [9.17, 15) is 4.79 Å². The fourth-order valence-electron chi connectivity index (χ4n) is 2.99. The molecule has 0 saturated heterocycles. The van der Waals surface area contributed by atoms with E-state index >= 15 is 0 Å². The number of amides is 1. The molecule has 4 rings (SSSR count). The molecule has 0 bridgehead atoms. The standard InChI is InChI=1S/C21H20N4OS2/c1-14(2)19-22-7-8-25(19)11-15-4-3-5-17(10-15)23-20(26)18-13-28-21(24-18)16-6-9-27-12-16/h3-10,12-14H,11H2,1-2H3,(H,23,26). The molecular weight excluding hydrogens is 388 g/mol. The summed E-state index contributed by atoms with van der Waals surface area (Å²) in [5, 5.41) is 9.66. The van der Waals surface area contributed by atoms with E-state index < -0.39 is 0 Å². The molecule has 1 N–H and O–H groups in total. The van der Waals surface area contributed by atoms with Crippen LogP contribution >= 0.6 is 22.7 Å². The van der Waals surface area contributed by atoms with E-state index in [1.165, 1.54) is 11.3 Å². The summed E-state index contributed by atoms with van der Waals surface area (Å²) in [6, 6.07) is 9.90. The minimum atomic E-state index is -0.194. The van der Waals surface area contributed by atoms with Gasteiger partial charge >= 0.3 is 0 Å². The Morgan fingerprint density at radius 1 is 1.25 bits per heavy atom. The van der Waals surface area contributed by atoms with Crippen LogP contribution in [0.15, 0.2) is 58.9 Å². The summed E-state index contributed by atoms with van der Waals surface area (Å²) in [6.45, 7) is 4.98. The van der Waals surface area contributed by atoms with E-state index in [1.54, 1.807) is 16.7 Å². The molecule has 1 amide bonds. The van der Waals surface area contributed by atoms with Crippen LogP contribution in [0, 0.1) is 0 Å². The van der Waals surface area contributed by atoms with Gasteiger partial charge in [0.2, 0.25) is 0 Å². The van der Waals surface area contributed by atoms with Gasteiger partial charge in [-0.2, -0.15) is 11.3 Å². The average Bonchev–Trinajstić information content (AvgIpc) is 3.42. The number of carbonyl (C=O) groups is 1. The maximum atomic E-state index is 12.6. The third-order valence-corrected chi connectivity index (χ3v) is 5.88. The summed E-state index contributed by atoms with van der Waals surface area (Å²) < 4.78 is 2.14. The molecule has 0 saturated carbocycles. The highest BCUT2D eigenvalue weighted by Crippen LogP contribution is 2.26. The number of rotatable bonds is 6. The summed E-state index contributed by atoms with van der Waals surface area (Å²) in [7, 11) is 0. The molecule has 0 spiro atoms. The molecule has 3 aromatic heterocycles. The zero-order chi connectivity index (χ0) is 19.5. The molecule has 0 radical (unpaired) electrons. The predicted octanol–water partition coefficient (Wildman–Crippen LogP) is 5.49.